The SMILES string of the molecule is CC(OC(O)(OC1CCC(C(=O)O)CC1)N1CCCC1)C(=O)OC(C)(C)C. The highest BCUT2D eigenvalue weighted by molar-refractivity contribution is 5.74. The molecule has 0 aromatic heterocycles. The molecule has 1 saturated heterocycles. The van der Waals surface area contributed by atoms with Crippen molar-refractivity contribution in [2.75, 3.05) is 13.1 Å². The van der Waals surface area contributed by atoms with Gasteiger partial charge in [0.05, 0.1) is 12.0 Å². The molecule has 156 valence electrons. The van der Waals surface area contributed by atoms with Gasteiger partial charge >= 0.3 is 18.0 Å². The average molecular weight is 387 g/mol. The first-order chi connectivity index (χ1) is 12.5. The van der Waals surface area contributed by atoms with Gasteiger partial charge in [0.2, 0.25) is 0 Å². The lowest BCUT2D eigenvalue weighted by Crippen LogP contribution is -2.56. The lowest BCUT2D eigenvalue weighted by atomic mass is 9.87. The number of aliphatic hydroxyl groups is 1. The van der Waals surface area contributed by atoms with E-state index in [1.54, 1.807) is 25.7 Å². The summed E-state index contributed by atoms with van der Waals surface area (Å²) in [6, 6.07) is 0. The van der Waals surface area contributed by atoms with Gasteiger partial charge in [-0.2, -0.15) is 0 Å². The molecule has 2 N–H and O–H groups in total. The molecule has 2 aliphatic rings. The number of carbonyl (C=O) groups is 2. The van der Waals surface area contributed by atoms with Crippen molar-refractivity contribution in [3.05, 3.63) is 0 Å². The fourth-order valence-corrected chi connectivity index (χ4v) is 3.48. The number of hydrogen-bond acceptors (Lipinski definition) is 7. The van der Waals surface area contributed by atoms with Crippen molar-refractivity contribution in [3.63, 3.8) is 0 Å². The van der Waals surface area contributed by atoms with E-state index in [-0.39, 0.29) is 12.0 Å². The summed E-state index contributed by atoms with van der Waals surface area (Å²) in [6.07, 6.45) is 0.503. The first kappa shape index (κ1) is 22.1. The minimum Gasteiger partial charge on any atom is -0.481 e. The van der Waals surface area contributed by atoms with Crippen molar-refractivity contribution in [3.8, 4) is 0 Å². The number of ether oxygens (including phenoxy) is 3. The lowest BCUT2D eigenvalue weighted by Gasteiger charge is -2.40. The second kappa shape index (κ2) is 8.86. The summed E-state index contributed by atoms with van der Waals surface area (Å²) in [5.74, 6) is -1.73. The number of carboxylic acids is 1. The van der Waals surface area contributed by atoms with Crippen molar-refractivity contribution < 1.29 is 34.0 Å². The Morgan fingerprint density at radius 2 is 1.63 bits per heavy atom. The van der Waals surface area contributed by atoms with E-state index >= 15 is 0 Å². The first-order valence-corrected chi connectivity index (χ1v) is 9.79. The minimum absolute atomic E-state index is 0.322. The fraction of sp³-hybridized carbons (Fsp3) is 0.895. The summed E-state index contributed by atoms with van der Waals surface area (Å²) < 4.78 is 16.9. The zero-order valence-corrected chi connectivity index (χ0v) is 16.8. The number of carboxylic acid groups (broad SMARTS) is 1. The average Bonchev–Trinajstić information content (AvgIpc) is 3.08. The molecule has 2 rings (SSSR count). The van der Waals surface area contributed by atoms with Crippen LogP contribution in [-0.2, 0) is 23.8 Å². The van der Waals surface area contributed by atoms with E-state index in [0.29, 0.717) is 38.8 Å². The Morgan fingerprint density at radius 1 is 1.07 bits per heavy atom. The van der Waals surface area contributed by atoms with Crippen LogP contribution >= 0.6 is 0 Å². The van der Waals surface area contributed by atoms with E-state index in [1.165, 1.54) is 6.92 Å². The number of likely N-dealkylation sites (tertiary alicyclic amines) is 1. The molecule has 0 radical (unpaired) electrons. The summed E-state index contributed by atoms with van der Waals surface area (Å²) in [5.41, 5.74) is -0.656. The monoisotopic (exact) mass is 387 g/mol. The van der Waals surface area contributed by atoms with Gasteiger partial charge in [-0.05, 0) is 66.2 Å². The Kier molecular flexibility index (Phi) is 7.24. The van der Waals surface area contributed by atoms with Crippen LogP contribution in [0.5, 0.6) is 0 Å². The van der Waals surface area contributed by atoms with Gasteiger partial charge in [-0.15, -0.1) is 0 Å². The molecular weight excluding hydrogens is 354 g/mol. The number of nitrogens with zero attached hydrogens (tertiary/aromatic N) is 1. The van der Waals surface area contributed by atoms with Crippen molar-refractivity contribution in [1.82, 2.24) is 4.90 Å². The zero-order chi connectivity index (χ0) is 20.2. The fourth-order valence-electron chi connectivity index (χ4n) is 3.48. The molecule has 8 heteroatoms. The van der Waals surface area contributed by atoms with Crippen LogP contribution in [0, 0.1) is 5.92 Å². The second-order valence-electron chi connectivity index (χ2n) is 8.47. The van der Waals surface area contributed by atoms with E-state index < -0.39 is 29.7 Å². The molecule has 2 atom stereocenters. The maximum absolute atomic E-state index is 12.3. The van der Waals surface area contributed by atoms with Crippen molar-refractivity contribution >= 4 is 11.9 Å². The maximum atomic E-state index is 12.3. The molecule has 8 nitrogen and oxygen atoms in total. The van der Waals surface area contributed by atoms with Crippen LogP contribution in [0.25, 0.3) is 0 Å². The Balaban J connectivity index is 2.02. The van der Waals surface area contributed by atoms with Gasteiger partial charge in [0, 0.05) is 13.1 Å². The van der Waals surface area contributed by atoms with Gasteiger partial charge in [0.15, 0.2) is 6.10 Å². The standard InChI is InChI=1S/C19H33NO7/c1-13(17(23)27-18(2,3)4)25-19(24,20-11-5-6-12-20)26-15-9-7-14(8-10-15)16(21)22/h13-15,24H,5-12H2,1-4H3,(H,21,22). The van der Waals surface area contributed by atoms with Crippen LogP contribution in [0.3, 0.4) is 0 Å². The predicted octanol–water partition coefficient (Wildman–Crippen LogP) is 2.09. The van der Waals surface area contributed by atoms with Gasteiger partial charge in [0.25, 0.3) is 0 Å². The minimum atomic E-state index is -2.02. The third kappa shape index (κ3) is 6.41. The number of rotatable bonds is 7. The molecule has 2 unspecified atom stereocenters. The summed E-state index contributed by atoms with van der Waals surface area (Å²) in [6.45, 7) is 8.02. The molecule has 1 saturated carbocycles. The Labute approximate surface area is 160 Å². The van der Waals surface area contributed by atoms with Crippen LogP contribution in [-0.4, -0.2) is 64.0 Å². The third-order valence-corrected chi connectivity index (χ3v) is 4.92. The summed E-state index contributed by atoms with van der Waals surface area (Å²) in [4.78, 5) is 25.1. The van der Waals surface area contributed by atoms with Crippen molar-refractivity contribution in [2.45, 2.75) is 90.1 Å². The molecule has 0 amide bonds. The highest BCUT2D eigenvalue weighted by atomic mass is 16.9. The lowest BCUT2D eigenvalue weighted by molar-refractivity contribution is -0.448. The molecule has 1 heterocycles. The Hall–Kier alpha value is -1.22. The van der Waals surface area contributed by atoms with E-state index in [1.807, 2.05) is 0 Å². The number of aliphatic carboxylic acids is 1. The van der Waals surface area contributed by atoms with Gasteiger partial charge in [0.1, 0.15) is 5.60 Å². The number of carbonyl (C=O) groups excluding carboxylic acids is 1. The normalized spacial score (nSPS) is 27.7. The predicted molar refractivity (Wildman–Crippen MR) is 96.6 cm³/mol. The van der Waals surface area contributed by atoms with Gasteiger partial charge in [-0.3, -0.25) is 9.53 Å². The van der Waals surface area contributed by atoms with E-state index in [9.17, 15) is 14.7 Å². The van der Waals surface area contributed by atoms with Crippen molar-refractivity contribution in [2.24, 2.45) is 5.92 Å². The van der Waals surface area contributed by atoms with Crippen LogP contribution < -0.4 is 0 Å². The van der Waals surface area contributed by atoms with Gasteiger partial charge < -0.3 is 19.7 Å². The summed E-state index contributed by atoms with van der Waals surface area (Å²) >= 11 is 0. The molecule has 2 fully saturated rings. The zero-order valence-electron chi connectivity index (χ0n) is 16.8. The Bertz CT molecular complexity index is 519. The van der Waals surface area contributed by atoms with Crippen LogP contribution in [0.4, 0.5) is 0 Å². The van der Waals surface area contributed by atoms with Crippen LogP contribution in [0.15, 0.2) is 0 Å². The largest absolute Gasteiger partial charge is 0.481 e. The maximum Gasteiger partial charge on any atom is 0.352 e. The summed E-state index contributed by atoms with van der Waals surface area (Å²) in [5, 5.41) is 20.2. The van der Waals surface area contributed by atoms with Crippen LogP contribution in [0.2, 0.25) is 0 Å². The topological polar surface area (TPSA) is 106 Å². The van der Waals surface area contributed by atoms with Gasteiger partial charge in [-0.25, -0.2) is 9.69 Å². The smallest absolute Gasteiger partial charge is 0.352 e. The molecule has 1 aliphatic carbocycles. The quantitative estimate of drug-likeness (QED) is 0.505. The van der Waals surface area contributed by atoms with Gasteiger partial charge in [-0.1, -0.05) is 0 Å². The first-order valence-electron chi connectivity index (χ1n) is 9.79. The number of esters is 1. The van der Waals surface area contributed by atoms with Crippen molar-refractivity contribution in [1.29, 1.82) is 0 Å². The molecule has 0 spiro atoms. The highest BCUT2D eigenvalue weighted by Gasteiger charge is 2.45. The molecule has 0 aromatic carbocycles. The van der Waals surface area contributed by atoms with E-state index in [0.717, 1.165) is 12.8 Å². The number of hydrogen-bond donors (Lipinski definition) is 2. The third-order valence-electron chi connectivity index (χ3n) is 4.92. The highest BCUT2D eigenvalue weighted by Crippen LogP contribution is 2.32. The molecule has 27 heavy (non-hydrogen) atoms. The summed E-state index contributed by atoms with van der Waals surface area (Å²) in [7, 11) is 0. The van der Waals surface area contributed by atoms with E-state index in [2.05, 4.69) is 0 Å². The van der Waals surface area contributed by atoms with Crippen LogP contribution in [0.1, 0.15) is 66.2 Å². The molecule has 1 aliphatic heterocycles. The molecule has 0 bridgehead atoms. The Morgan fingerprint density at radius 3 is 2.11 bits per heavy atom. The second-order valence-corrected chi connectivity index (χ2v) is 8.47. The molecular formula is C19H33NO7. The van der Waals surface area contributed by atoms with E-state index in [4.69, 9.17) is 19.3 Å². The molecule has 0 aromatic rings.